The van der Waals surface area contributed by atoms with Crippen molar-refractivity contribution >= 4 is 26.7 Å². The van der Waals surface area contributed by atoms with E-state index in [4.69, 9.17) is 5.26 Å². The molecule has 0 heterocycles. The molecule has 0 aliphatic heterocycles. The molecule has 0 saturated heterocycles. The summed E-state index contributed by atoms with van der Waals surface area (Å²) in [6.45, 7) is 0. The van der Waals surface area contributed by atoms with E-state index in [2.05, 4.69) is 22.0 Å². The third kappa shape index (κ3) is 1.43. The first kappa shape index (κ1) is 8.28. The number of hydrogen-bond acceptors (Lipinski definition) is 1. The highest BCUT2D eigenvalue weighted by Gasteiger charge is 1.99. The van der Waals surface area contributed by atoms with Crippen LogP contribution in [0.2, 0.25) is 0 Å². The largest absolute Gasteiger partial charge is 0.192 e. The molecular formula is C11H6BrN. The number of hydrogen-bond donors (Lipinski definition) is 0. The van der Waals surface area contributed by atoms with Gasteiger partial charge in [-0.1, -0.05) is 34.1 Å². The first-order valence-electron chi connectivity index (χ1n) is 3.89. The smallest absolute Gasteiger partial charge is 0.0998 e. The second-order valence-electron chi connectivity index (χ2n) is 2.78. The quantitative estimate of drug-likeness (QED) is 0.682. The molecule has 0 amide bonds. The Morgan fingerprint density at radius 3 is 2.77 bits per heavy atom. The number of halogens is 1. The fourth-order valence-electron chi connectivity index (χ4n) is 1.34. The average Bonchev–Trinajstić information content (AvgIpc) is 2.17. The summed E-state index contributed by atoms with van der Waals surface area (Å²) >= 11 is 3.39. The van der Waals surface area contributed by atoms with Gasteiger partial charge in [-0.05, 0) is 23.6 Å². The Kier molecular flexibility index (Phi) is 2.03. The van der Waals surface area contributed by atoms with Gasteiger partial charge < -0.3 is 0 Å². The van der Waals surface area contributed by atoms with Gasteiger partial charge in [-0.25, -0.2) is 0 Å². The SMILES string of the molecule is N#Cc1cccc2ccc(Br)cc12. The number of rotatable bonds is 0. The van der Waals surface area contributed by atoms with Crippen molar-refractivity contribution in [3.05, 3.63) is 46.4 Å². The van der Waals surface area contributed by atoms with E-state index in [-0.39, 0.29) is 0 Å². The van der Waals surface area contributed by atoms with E-state index in [1.54, 1.807) is 0 Å². The molecule has 0 fully saturated rings. The third-order valence-electron chi connectivity index (χ3n) is 1.96. The zero-order chi connectivity index (χ0) is 9.26. The minimum Gasteiger partial charge on any atom is -0.192 e. The molecule has 0 bridgehead atoms. The van der Waals surface area contributed by atoms with Crippen molar-refractivity contribution in [3.63, 3.8) is 0 Å². The van der Waals surface area contributed by atoms with Gasteiger partial charge in [-0.15, -0.1) is 0 Å². The molecule has 0 aliphatic carbocycles. The molecule has 2 aromatic rings. The van der Waals surface area contributed by atoms with Crippen LogP contribution in [0.15, 0.2) is 40.9 Å². The summed E-state index contributed by atoms with van der Waals surface area (Å²) in [7, 11) is 0. The fraction of sp³-hybridized carbons (Fsp3) is 0. The van der Waals surface area contributed by atoms with Crippen LogP contribution in [-0.4, -0.2) is 0 Å². The molecule has 0 aromatic heterocycles. The number of nitrogens with zero attached hydrogens (tertiary/aromatic N) is 1. The van der Waals surface area contributed by atoms with Crippen molar-refractivity contribution in [2.24, 2.45) is 0 Å². The molecule has 2 aromatic carbocycles. The molecule has 0 aliphatic rings. The van der Waals surface area contributed by atoms with E-state index >= 15 is 0 Å². The van der Waals surface area contributed by atoms with Gasteiger partial charge in [0.05, 0.1) is 11.6 Å². The summed E-state index contributed by atoms with van der Waals surface area (Å²) in [6, 6.07) is 13.8. The highest BCUT2D eigenvalue weighted by atomic mass is 79.9. The lowest BCUT2D eigenvalue weighted by atomic mass is 10.1. The van der Waals surface area contributed by atoms with Gasteiger partial charge in [0.15, 0.2) is 0 Å². The molecule has 0 spiro atoms. The van der Waals surface area contributed by atoms with Crippen molar-refractivity contribution in [3.8, 4) is 6.07 Å². The summed E-state index contributed by atoms with van der Waals surface area (Å²) < 4.78 is 1.00. The molecule has 13 heavy (non-hydrogen) atoms. The van der Waals surface area contributed by atoms with Crippen LogP contribution in [0.5, 0.6) is 0 Å². The summed E-state index contributed by atoms with van der Waals surface area (Å²) in [5.74, 6) is 0. The Morgan fingerprint density at radius 1 is 1.15 bits per heavy atom. The lowest BCUT2D eigenvalue weighted by Gasteiger charge is -1.99. The van der Waals surface area contributed by atoms with E-state index in [1.807, 2.05) is 36.4 Å². The van der Waals surface area contributed by atoms with Crippen molar-refractivity contribution < 1.29 is 0 Å². The second-order valence-corrected chi connectivity index (χ2v) is 3.70. The minimum absolute atomic E-state index is 0.721. The predicted octanol–water partition coefficient (Wildman–Crippen LogP) is 3.47. The van der Waals surface area contributed by atoms with Gasteiger partial charge in [0.1, 0.15) is 0 Å². The summed E-state index contributed by atoms with van der Waals surface area (Å²) in [5, 5.41) is 11.0. The van der Waals surface area contributed by atoms with Gasteiger partial charge in [-0.3, -0.25) is 0 Å². The lowest BCUT2D eigenvalue weighted by Crippen LogP contribution is -1.78. The maximum absolute atomic E-state index is 8.86. The molecule has 2 heteroatoms. The monoisotopic (exact) mass is 231 g/mol. The Morgan fingerprint density at radius 2 is 2.00 bits per heavy atom. The normalized spacial score (nSPS) is 9.85. The lowest BCUT2D eigenvalue weighted by molar-refractivity contribution is 1.50. The van der Waals surface area contributed by atoms with Crippen LogP contribution < -0.4 is 0 Å². The molecule has 0 N–H and O–H groups in total. The van der Waals surface area contributed by atoms with Crippen molar-refractivity contribution in [2.75, 3.05) is 0 Å². The van der Waals surface area contributed by atoms with Gasteiger partial charge in [0.25, 0.3) is 0 Å². The minimum atomic E-state index is 0.721. The van der Waals surface area contributed by atoms with Crippen LogP contribution in [0.25, 0.3) is 10.8 Å². The molecular weight excluding hydrogens is 226 g/mol. The number of benzene rings is 2. The van der Waals surface area contributed by atoms with Crippen molar-refractivity contribution in [2.45, 2.75) is 0 Å². The predicted molar refractivity (Wildman–Crippen MR) is 56.4 cm³/mol. The maximum Gasteiger partial charge on any atom is 0.0998 e. The van der Waals surface area contributed by atoms with Crippen LogP contribution >= 0.6 is 15.9 Å². The fourth-order valence-corrected chi connectivity index (χ4v) is 1.70. The first-order valence-corrected chi connectivity index (χ1v) is 4.69. The molecule has 0 atom stereocenters. The summed E-state index contributed by atoms with van der Waals surface area (Å²) in [6.07, 6.45) is 0. The van der Waals surface area contributed by atoms with Crippen LogP contribution in [0.3, 0.4) is 0 Å². The molecule has 2 rings (SSSR count). The zero-order valence-corrected chi connectivity index (χ0v) is 8.38. The molecule has 62 valence electrons. The second kappa shape index (κ2) is 3.20. The molecule has 0 saturated carbocycles. The summed E-state index contributed by atoms with van der Waals surface area (Å²) in [4.78, 5) is 0. The van der Waals surface area contributed by atoms with Crippen molar-refractivity contribution in [1.82, 2.24) is 0 Å². The van der Waals surface area contributed by atoms with Gasteiger partial charge >= 0.3 is 0 Å². The van der Waals surface area contributed by atoms with Crippen LogP contribution in [-0.2, 0) is 0 Å². The Labute approximate surface area is 84.7 Å². The van der Waals surface area contributed by atoms with E-state index in [1.165, 1.54) is 0 Å². The highest BCUT2D eigenvalue weighted by Crippen LogP contribution is 2.22. The Hall–Kier alpha value is -1.33. The number of fused-ring (bicyclic) bond motifs is 1. The Balaban J connectivity index is 2.89. The van der Waals surface area contributed by atoms with E-state index in [9.17, 15) is 0 Å². The summed E-state index contributed by atoms with van der Waals surface area (Å²) in [5.41, 5.74) is 0.721. The standard InChI is InChI=1S/C11H6BrN/c12-10-5-4-8-2-1-3-9(7-13)11(8)6-10/h1-6H. The van der Waals surface area contributed by atoms with E-state index in [0.717, 1.165) is 20.8 Å². The van der Waals surface area contributed by atoms with Gasteiger partial charge in [0.2, 0.25) is 0 Å². The molecule has 1 nitrogen and oxygen atoms in total. The topological polar surface area (TPSA) is 23.8 Å². The number of nitriles is 1. The van der Waals surface area contributed by atoms with E-state index < -0.39 is 0 Å². The molecule has 0 radical (unpaired) electrons. The van der Waals surface area contributed by atoms with Crippen molar-refractivity contribution in [1.29, 1.82) is 5.26 Å². The average molecular weight is 232 g/mol. The first-order chi connectivity index (χ1) is 6.31. The highest BCUT2D eigenvalue weighted by molar-refractivity contribution is 9.10. The van der Waals surface area contributed by atoms with Gasteiger partial charge in [-0.2, -0.15) is 5.26 Å². The van der Waals surface area contributed by atoms with Gasteiger partial charge in [0, 0.05) is 9.86 Å². The molecule has 0 unspecified atom stereocenters. The Bertz CT molecular complexity index is 497. The van der Waals surface area contributed by atoms with Crippen LogP contribution in [0.4, 0.5) is 0 Å². The van der Waals surface area contributed by atoms with Crippen LogP contribution in [0, 0.1) is 11.3 Å². The van der Waals surface area contributed by atoms with Crippen LogP contribution in [0.1, 0.15) is 5.56 Å². The third-order valence-corrected chi connectivity index (χ3v) is 2.46. The zero-order valence-electron chi connectivity index (χ0n) is 6.79. The van der Waals surface area contributed by atoms with E-state index in [0.29, 0.717) is 0 Å². The maximum atomic E-state index is 8.86.